The van der Waals surface area contributed by atoms with Crippen LogP contribution >= 0.6 is 0 Å². The molecule has 1 saturated carbocycles. The number of carbonyl (C=O) groups is 3. The van der Waals surface area contributed by atoms with Crippen LogP contribution in [0.2, 0.25) is 0 Å². The number of nitrogens with zero attached hydrogens (tertiary/aromatic N) is 2. The SMILES string of the molecule is CC(C)n1cc2c3c(cccc31)[C@H]1C[C@H](C(=O)NC3CCCC3O)CN(C)[C@@H]1C2.O=C(O)[C@H](O)[C@@H](O)C(=O)O. The number of carboxylic acids is 2. The average molecular weight is 546 g/mol. The summed E-state index contributed by atoms with van der Waals surface area (Å²) < 4.78 is 2.40. The van der Waals surface area contributed by atoms with Gasteiger partial charge in [-0.2, -0.15) is 0 Å². The van der Waals surface area contributed by atoms with Crippen LogP contribution in [0.3, 0.4) is 0 Å². The van der Waals surface area contributed by atoms with E-state index in [9.17, 15) is 19.5 Å². The van der Waals surface area contributed by atoms with Crippen molar-refractivity contribution in [3.63, 3.8) is 0 Å². The first-order valence-corrected chi connectivity index (χ1v) is 13.5. The highest BCUT2D eigenvalue weighted by atomic mass is 16.4. The Hall–Kier alpha value is -2.99. The number of piperidine rings is 1. The third kappa shape index (κ3) is 5.81. The quantitative estimate of drug-likeness (QED) is 0.311. The minimum Gasteiger partial charge on any atom is -0.479 e. The van der Waals surface area contributed by atoms with E-state index in [-0.39, 0.29) is 24.0 Å². The normalized spacial score (nSPS) is 27.8. The molecule has 2 aromatic rings. The molecule has 1 aromatic carbocycles. The summed E-state index contributed by atoms with van der Waals surface area (Å²) in [5.74, 6) is -3.04. The molecule has 3 aliphatic rings. The van der Waals surface area contributed by atoms with Gasteiger partial charge in [0.25, 0.3) is 0 Å². The predicted molar refractivity (Wildman–Crippen MR) is 142 cm³/mol. The van der Waals surface area contributed by atoms with Gasteiger partial charge in [0.15, 0.2) is 12.2 Å². The summed E-state index contributed by atoms with van der Waals surface area (Å²) in [6.45, 7) is 5.28. The van der Waals surface area contributed by atoms with Crippen molar-refractivity contribution in [3.05, 3.63) is 35.5 Å². The summed E-state index contributed by atoms with van der Waals surface area (Å²) in [4.78, 5) is 35.0. The first kappa shape index (κ1) is 29.0. The molecule has 1 aromatic heterocycles. The van der Waals surface area contributed by atoms with Gasteiger partial charge in [-0.15, -0.1) is 0 Å². The van der Waals surface area contributed by atoms with E-state index in [4.69, 9.17) is 20.4 Å². The van der Waals surface area contributed by atoms with Crippen molar-refractivity contribution < 1.29 is 39.9 Å². The maximum Gasteiger partial charge on any atom is 0.335 e. The van der Waals surface area contributed by atoms with Gasteiger partial charge in [0.2, 0.25) is 5.91 Å². The standard InChI is InChI=1S/C24H33N3O2.C4H6O6/c1-14(2)27-13-15-11-21-18(17-6-4-8-20(27)23(15)17)10-16(12-26(21)3)24(29)25-19-7-5-9-22(19)28;5-1(3(7)8)2(6)4(9)10/h4,6,8,13-14,16,18-19,21-22,28H,5,7,9-12H2,1-3H3,(H,25,29);1-2,5-6H,(H,7,8)(H,9,10)/t16-,18+,19?,21+,22?;1-,2-/m01/s1. The Morgan fingerprint density at radius 1 is 1.05 bits per heavy atom. The molecule has 0 bridgehead atoms. The van der Waals surface area contributed by atoms with Crippen molar-refractivity contribution >= 4 is 28.7 Å². The molecule has 2 unspecified atom stereocenters. The highest BCUT2D eigenvalue weighted by Gasteiger charge is 2.42. The lowest BCUT2D eigenvalue weighted by atomic mass is 9.72. The molecule has 39 heavy (non-hydrogen) atoms. The smallest absolute Gasteiger partial charge is 0.335 e. The number of likely N-dealkylation sites (N-methyl/N-ethyl adjacent to an activating group) is 1. The van der Waals surface area contributed by atoms with Gasteiger partial charge in [-0.25, -0.2) is 9.59 Å². The first-order valence-electron chi connectivity index (χ1n) is 13.5. The summed E-state index contributed by atoms with van der Waals surface area (Å²) in [5.41, 5.74) is 4.20. The van der Waals surface area contributed by atoms with E-state index in [0.29, 0.717) is 18.0 Å². The van der Waals surface area contributed by atoms with Gasteiger partial charge in [-0.3, -0.25) is 4.79 Å². The number of hydrogen-bond acceptors (Lipinski definition) is 7. The fraction of sp³-hybridized carbons (Fsp3) is 0.607. The van der Waals surface area contributed by atoms with Crippen molar-refractivity contribution in [2.45, 2.75) is 88.3 Å². The number of nitrogens with one attached hydrogen (secondary N) is 1. The molecule has 5 rings (SSSR count). The summed E-state index contributed by atoms with van der Waals surface area (Å²) in [6, 6.07) is 7.53. The topological polar surface area (TPSA) is 173 Å². The minimum absolute atomic E-state index is 0.0157. The van der Waals surface area contributed by atoms with Gasteiger partial charge < -0.3 is 40.3 Å². The van der Waals surface area contributed by atoms with Crippen LogP contribution < -0.4 is 5.32 Å². The molecule has 1 amide bonds. The molecule has 1 aliphatic heterocycles. The third-order valence-electron chi connectivity index (χ3n) is 8.41. The van der Waals surface area contributed by atoms with E-state index in [0.717, 1.165) is 38.6 Å². The Balaban J connectivity index is 0.000000303. The first-order chi connectivity index (χ1) is 18.4. The summed E-state index contributed by atoms with van der Waals surface area (Å²) in [5, 5.41) is 47.2. The minimum atomic E-state index is -2.27. The third-order valence-corrected chi connectivity index (χ3v) is 8.41. The van der Waals surface area contributed by atoms with Gasteiger partial charge in [0, 0.05) is 41.6 Å². The van der Waals surface area contributed by atoms with Crippen LogP contribution in [0.25, 0.3) is 10.9 Å². The molecule has 0 spiro atoms. The lowest BCUT2D eigenvalue weighted by molar-refractivity contribution is -0.165. The van der Waals surface area contributed by atoms with E-state index < -0.39 is 24.1 Å². The second-order valence-electron chi connectivity index (χ2n) is 11.3. The summed E-state index contributed by atoms with van der Waals surface area (Å²) >= 11 is 0. The van der Waals surface area contributed by atoms with Crippen LogP contribution in [-0.2, 0) is 20.8 Å². The number of amides is 1. The van der Waals surface area contributed by atoms with Crippen molar-refractivity contribution in [3.8, 4) is 0 Å². The van der Waals surface area contributed by atoms with Crippen molar-refractivity contribution in [1.29, 1.82) is 0 Å². The molecule has 7 atom stereocenters. The number of carboxylic acid groups (broad SMARTS) is 2. The molecular weight excluding hydrogens is 506 g/mol. The van der Waals surface area contributed by atoms with Gasteiger partial charge in [-0.1, -0.05) is 12.1 Å². The second-order valence-corrected chi connectivity index (χ2v) is 11.3. The highest BCUT2D eigenvalue weighted by Crippen LogP contribution is 2.45. The lowest BCUT2D eigenvalue weighted by Crippen LogP contribution is -2.53. The average Bonchev–Trinajstić information content (AvgIpc) is 3.47. The van der Waals surface area contributed by atoms with E-state index in [1.807, 2.05) is 0 Å². The number of fused-ring (bicyclic) bond motifs is 2. The molecular formula is C28H39N3O8. The number of aliphatic hydroxyl groups is 3. The molecule has 0 radical (unpaired) electrons. The van der Waals surface area contributed by atoms with Crippen LogP contribution in [0.1, 0.15) is 62.6 Å². The maximum atomic E-state index is 13.0. The zero-order valence-corrected chi connectivity index (χ0v) is 22.5. The Kier molecular flexibility index (Phi) is 8.65. The number of rotatable bonds is 6. The molecule has 6 N–H and O–H groups in total. The fourth-order valence-corrected chi connectivity index (χ4v) is 6.37. The zero-order chi connectivity index (χ0) is 28.6. The van der Waals surface area contributed by atoms with Gasteiger partial charge in [0.05, 0.1) is 18.1 Å². The number of benzene rings is 1. The number of aromatic nitrogens is 1. The second kappa shape index (κ2) is 11.6. The van der Waals surface area contributed by atoms with Crippen LogP contribution in [0.15, 0.2) is 24.4 Å². The van der Waals surface area contributed by atoms with E-state index in [1.54, 1.807) is 0 Å². The van der Waals surface area contributed by atoms with E-state index in [1.165, 1.54) is 22.0 Å². The van der Waals surface area contributed by atoms with Crippen LogP contribution in [0, 0.1) is 5.92 Å². The van der Waals surface area contributed by atoms with E-state index >= 15 is 0 Å². The van der Waals surface area contributed by atoms with Gasteiger partial charge in [-0.05, 0) is 70.2 Å². The van der Waals surface area contributed by atoms with Crippen LogP contribution in [-0.4, -0.2) is 96.8 Å². The number of aliphatic carboxylic acids is 2. The number of hydrogen-bond donors (Lipinski definition) is 6. The summed E-state index contributed by atoms with van der Waals surface area (Å²) in [7, 11) is 2.17. The lowest BCUT2D eigenvalue weighted by Gasteiger charge is -2.45. The molecule has 1 saturated heterocycles. The van der Waals surface area contributed by atoms with Crippen molar-refractivity contribution in [1.82, 2.24) is 14.8 Å². The molecule has 214 valence electrons. The van der Waals surface area contributed by atoms with Crippen molar-refractivity contribution in [2.75, 3.05) is 13.6 Å². The van der Waals surface area contributed by atoms with Crippen LogP contribution in [0.5, 0.6) is 0 Å². The zero-order valence-electron chi connectivity index (χ0n) is 22.5. The number of carbonyl (C=O) groups excluding carboxylic acids is 1. The Bertz CT molecular complexity index is 1210. The molecule has 11 nitrogen and oxygen atoms in total. The molecule has 11 heteroatoms. The van der Waals surface area contributed by atoms with Gasteiger partial charge in [0.1, 0.15) is 0 Å². The van der Waals surface area contributed by atoms with Crippen molar-refractivity contribution in [2.24, 2.45) is 5.92 Å². The largest absolute Gasteiger partial charge is 0.479 e. The van der Waals surface area contributed by atoms with Gasteiger partial charge >= 0.3 is 11.9 Å². The predicted octanol–water partition coefficient (Wildman–Crippen LogP) is 1.09. The summed E-state index contributed by atoms with van der Waals surface area (Å²) in [6.07, 6.45) is 2.09. The maximum absolute atomic E-state index is 13.0. The molecule has 2 heterocycles. The Morgan fingerprint density at radius 2 is 1.72 bits per heavy atom. The molecule has 2 aliphatic carbocycles. The number of aliphatic hydroxyl groups excluding tert-OH is 3. The Labute approximate surface area is 227 Å². The monoisotopic (exact) mass is 545 g/mol. The highest BCUT2D eigenvalue weighted by molar-refractivity contribution is 5.89. The number of likely N-dealkylation sites (tertiary alicyclic amines) is 1. The molecule has 2 fully saturated rings. The fourth-order valence-electron chi connectivity index (χ4n) is 6.37. The van der Waals surface area contributed by atoms with Crippen LogP contribution in [0.4, 0.5) is 0 Å². The van der Waals surface area contributed by atoms with E-state index in [2.05, 4.69) is 60.1 Å². The Morgan fingerprint density at radius 3 is 2.28 bits per heavy atom.